The summed E-state index contributed by atoms with van der Waals surface area (Å²) in [6, 6.07) is -0.759. The average Bonchev–Trinajstić information content (AvgIpc) is 2.43. The minimum absolute atomic E-state index is 0.410. The van der Waals surface area contributed by atoms with Crippen LogP contribution in [0.15, 0.2) is 0 Å². The Morgan fingerprint density at radius 2 is 2.00 bits per heavy atom. The minimum Gasteiger partial charge on any atom is -0.317 e. The maximum absolute atomic E-state index is 10.3. The van der Waals surface area contributed by atoms with Gasteiger partial charge in [-0.3, -0.25) is 10.4 Å². The number of hydrogen-bond acceptors (Lipinski definition) is 3. The number of amides is 2. The molecule has 8 heavy (non-hydrogen) atoms. The Morgan fingerprint density at radius 3 is 2.12 bits per heavy atom. The van der Waals surface area contributed by atoms with Gasteiger partial charge in [-0.05, 0) is 0 Å². The van der Waals surface area contributed by atoms with Gasteiger partial charge in [-0.25, -0.2) is 4.79 Å². The second-order valence-corrected chi connectivity index (χ2v) is 1.56. The monoisotopic (exact) mass is 118 g/mol. The van der Waals surface area contributed by atoms with E-state index >= 15 is 0 Å². The zero-order valence-electron chi connectivity index (χ0n) is 4.11. The van der Waals surface area contributed by atoms with E-state index in [0.717, 1.165) is 0 Å². The molecule has 0 radical (unpaired) electrons. The Hall–Kier alpha value is -0.810. The van der Waals surface area contributed by atoms with Crippen LogP contribution in [0.1, 0.15) is 0 Å². The molecule has 1 aliphatic rings. The minimum atomic E-state index is -0.759. The predicted molar refractivity (Wildman–Crippen MR) is 22.4 cm³/mol. The van der Waals surface area contributed by atoms with Crippen molar-refractivity contribution in [2.45, 2.75) is 0 Å². The highest BCUT2D eigenvalue weighted by molar-refractivity contribution is 5.74. The van der Waals surface area contributed by atoms with Crippen LogP contribution in [0.2, 0.25) is 0 Å². The highest BCUT2D eigenvalue weighted by Crippen LogP contribution is 2.04. The van der Waals surface area contributed by atoms with Gasteiger partial charge in [0.1, 0.15) is 0 Å². The maximum atomic E-state index is 10.3. The summed E-state index contributed by atoms with van der Waals surface area (Å²) < 4.78 is 0. The molecule has 0 aromatic carbocycles. The first-order valence-corrected chi connectivity index (χ1v) is 2.18. The van der Waals surface area contributed by atoms with Gasteiger partial charge in [0.2, 0.25) is 0 Å². The summed E-state index contributed by atoms with van der Waals surface area (Å²) in [6.07, 6.45) is 0. The smallest absolute Gasteiger partial charge is 0.317 e. The van der Waals surface area contributed by atoms with Crippen molar-refractivity contribution in [3.8, 4) is 0 Å². The largest absolute Gasteiger partial charge is 0.369 e. The van der Waals surface area contributed by atoms with E-state index in [0.29, 0.717) is 13.1 Å². The van der Waals surface area contributed by atoms with Crippen LogP contribution >= 0.6 is 0 Å². The molecule has 0 aliphatic carbocycles. The van der Waals surface area contributed by atoms with E-state index in [-0.39, 0.29) is 0 Å². The number of hydroxylamine groups is 2. The Bertz CT molecular complexity index is 105. The molecule has 2 N–H and O–H groups in total. The molecule has 2 amide bonds. The summed E-state index contributed by atoms with van der Waals surface area (Å²) in [7, 11) is 0. The molecule has 1 aliphatic heterocycles. The van der Waals surface area contributed by atoms with Gasteiger partial charge in [0.25, 0.3) is 0 Å². The van der Waals surface area contributed by atoms with Crippen molar-refractivity contribution in [3.63, 3.8) is 0 Å². The predicted octanol–water partition coefficient (Wildman–Crippen LogP) is -0.498. The number of hydrogen-bond donors (Lipinski definition) is 2. The van der Waals surface area contributed by atoms with E-state index in [1.165, 1.54) is 4.90 Å². The second kappa shape index (κ2) is 1.61. The lowest BCUT2D eigenvalue weighted by Gasteiger charge is -2.04. The van der Waals surface area contributed by atoms with E-state index in [9.17, 15) is 4.79 Å². The number of carbonyl (C=O) groups is 1. The van der Waals surface area contributed by atoms with Gasteiger partial charge in [0.15, 0.2) is 0 Å². The van der Waals surface area contributed by atoms with Crippen molar-refractivity contribution < 1.29 is 15.2 Å². The fourth-order valence-electron chi connectivity index (χ4n) is 0.368. The normalized spacial score (nSPS) is 16.0. The Kier molecular flexibility index (Phi) is 1.07. The lowest BCUT2D eigenvalue weighted by molar-refractivity contribution is -0.261. The fourth-order valence-corrected chi connectivity index (χ4v) is 0.368. The summed E-state index contributed by atoms with van der Waals surface area (Å²) in [5, 5.41) is 15.6. The SMILES string of the molecule is O=C(N(O)O)N1CC1. The molecule has 5 heteroatoms. The van der Waals surface area contributed by atoms with Crippen LogP contribution in [0.4, 0.5) is 4.79 Å². The van der Waals surface area contributed by atoms with Gasteiger partial charge in [0, 0.05) is 13.1 Å². The average molecular weight is 118 g/mol. The van der Waals surface area contributed by atoms with Gasteiger partial charge >= 0.3 is 6.03 Å². The molecule has 0 spiro atoms. The van der Waals surface area contributed by atoms with Gasteiger partial charge in [-0.1, -0.05) is 5.23 Å². The molecule has 5 nitrogen and oxygen atoms in total. The fraction of sp³-hybridized carbons (Fsp3) is 0.667. The van der Waals surface area contributed by atoms with Crippen LogP contribution < -0.4 is 0 Å². The molecular formula is C3H6N2O3. The lowest BCUT2D eigenvalue weighted by Crippen LogP contribution is -2.28. The van der Waals surface area contributed by atoms with E-state index in [2.05, 4.69) is 0 Å². The number of carbonyl (C=O) groups excluding carboxylic acids is 1. The molecular weight excluding hydrogens is 112 g/mol. The molecule has 1 heterocycles. The summed E-state index contributed by atoms with van der Waals surface area (Å²) in [6.45, 7) is 1.24. The lowest BCUT2D eigenvalue weighted by atomic mass is 11.0. The molecule has 1 saturated heterocycles. The Balaban J connectivity index is 2.33. The molecule has 0 aromatic rings. The second-order valence-electron chi connectivity index (χ2n) is 1.56. The molecule has 0 atom stereocenters. The van der Waals surface area contributed by atoms with Gasteiger partial charge < -0.3 is 4.90 Å². The first-order valence-electron chi connectivity index (χ1n) is 2.18. The molecule has 1 fully saturated rings. The highest BCUT2D eigenvalue weighted by atomic mass is 16.8. The van der Waals surface area contributed by atoms with E-state index in [4.69, 9.17) is 10.4 Å². The van der Waals surface area contributed by atoms with Crippen LogP contribution in [0.5, 0.6) is 0 Å². The van der Waals surface area contributed by atoms with E-state index < -0.39 is 11.3 Å². The molecule has 0 aromatic heterocycles. The van der Waals surface area contributed by atoms with E-state index in [1.54, 1.807) is 0 Å². The van der Waals surface area contributed by atoms with Crippen LogP contribution in [0.25, 0.3) is 0 Å². The number of rotatable bonds is 0. The van der Waals surface area contributed by atoms with Gasteiger partial charge in [0.05, 0.1) is 0 Å². The third-order valence-electron chi connectivity index (χ3n) is 0.889. The summed E-state index contributed by atoms with van der Waals surface area (Å²) in [4.78, 5) is 11.5. The molecule has 0 bridgehead atoms. The van der Waals surface area contributed by atoms with Crippen molar-refractivity contribution in [1.29, 1.82) is 0 Å². The standard InChI is InChI=1S/C3H6N2O3/c6-3(5(7)8)4-1-2-4/h7-8H,1-2H2. The van der Waals surface area contributed by atoms with Gasteiger partial charge in [-0.15, -0.1) is 0 Å². The first-order chi connectivity index (χ1) is 3.72. The van der Waals surface area contributed by atoms with Crippen LogP contribution in [-0.4, -0.2) is 39.7 Å². The highest BCUT2D eigenvalue weighted by Gasteiger charge is 2.27. The van der Waals surface area contributed by atoms with Crippen molar-refractivity contribution in [1.82, 2.24) is 10.1 Å². The molecule has 1 rings (SSSR count). The van der Waals surface area contributed by atoms with Crippen LogP contribution in [0, 0.1) is 0 Å². The quantitative estimate of drug-likeness (QED) is 0.256. The van der Waals surface area contributed by atoms with Crippen molar-refractivity contribution >= 4 is 6.03 Å². The summed E-state index contributed by atoms with van der Waals surface area (Å²) in [5.41, 5.74) is 0. The van der Waals surface area contributed by atoms with Crippen LogP contribution in [-0.2, 0) is 0 Å². The number of urea groups is 1. The molecule has 0 saturated carbocycles. The Labute approximate surface area is 45.6 Å². The molecule has 46 valence electrons. The summed E-state index contributed by atoms with van der Waals surface area (Å²) in [5.74, 6) is 0. The zero-order valence-corrected chi connectivity index (χ0v) is 4.11. The summed E-state index contributed by atoms with van der Waals surface area (Å²) >= 11 is 0. The zero-order chi connectivity index (χ0) is 6.15. The van der Waals surface area contributed by atoms with Crippen molar-refractivity contribution in [2.24, 2.45) is 0 Å². The molecule has 0 unspecified atom stereocenters. The van der Waals surface area contributed by atoms with Crippen molar-refractivity contribution in [2.75, 3.05) is 13.1 Å². The Morgan fingerprint density at radius 1 is 1.50 bits per heavy atom. The van der Waals surface area contributed by atoms with Crippen molar-refractivity contribution in [3.05, 3.63) is 0 Å². The number of nitrogens with zero attached hydrogens (tertiary/aromatic N) is 2. The first kappa shape index (κ1) is 5.33. The topological polar surface area (TPSA) is 63.8 Å². The third-order valence-corrected chi connectivity index (χ3v) is 0.889. The third kappa shape index (κ3) is 0.877. The van der Waals surface area contributed by atoms with Crippen LogP contribution in [0.3, 0.4) is 0 Å². The van der Waals surface area contributed by atoms with Gasteiger partial charge in [-0.2, -0.15) is 0 Å². The maximum Gasteiger partial charge on any atom is 0.369 e. The van der Waals surface area contributed by atoms with E-state index in [1.807, 2.05) is 0 Å².